The third-order valence-electron chi connectivity index (χ3n) is 5.78. The number of halogens is 2. The molecule has 2 nitrogen and oxygen atoms in total. The summed E-state index contributed by atoms with van der Waals surface area (Å²) in [5.41, 5.74) is 10.5. The number of benzene rings is 2. The molecule has 0 amide bonds. The van der Waals surface area contributed by atoms with E-state index in [4.69, 9.17) is 5.73 Å². The molecule has 2 aromatic carbocycles. The van der Waals surface area contributed by atoms with E-state index < -0.39 is 11.6 Å². The molecule has 0 saturated carbocycles. The Morgan fingerprint density at radius 2 is 1.76 bits per heavy atom. The average Bonchev–Trinajstić information content (AvgIpc) is 2.71. The molecule has 154 valence electrons. The van der Waals surface area contributed by atoms with E-state index >= 15 is 0 Å². The van der Waals surface area contributed by atoms with Gasteiger partial charge in [0.15, 0.2) is 0 Å². The SMILES string of the molecule is CCc1cccc(CNCC(CC)[C@H]2C=CC=C(c3cc(F)cc(F)c3)[C@H]2N)c1. The van der Waals surface area contributed by atoms with Crippen molar-refractivity contribution in [3.63, 3.8) is 0 Å². The number of hydrogen-bond donors (Lipinski definition) is 2. The van der Waals surface area contributed by atoms with Crippen LogP contribution in [0.15, 0.2) is 60.7 Å². The van der Waals surface area contributed by atoms with Crippen LogP contribution in [0.4, 0.5) is 8.78 Å². The fourth-order valence-corrected chi connectivity index (χ4v) is 4.10. The summed E-state index contributed by atoms with van der Waals surface area (Å²) in [5.74, 6) is -0.719. The Morgan fingerprint density at radius 3 is 2.45 bits per heavy atom. The minimum absolute atomic E-state index is 0.112. The van der Waals surface area contributed by atoms with E-state index in [9.17, 15) is 8.78 Å². The van der Waals surface area contributed by atoms with Gasteiger partial charge in [0, 0.05) is 24.6 Å². The van der Waals surface area contributed by atoms with E-state index in [1.54, 1.807) is 0 Å². The van der Waals surface area contributed by atoms with Gasteiger partial charge in [0.2, 0.25) is 0 Å². The van der Waals surface area contributed by atoms with Crippen LogP contribution in [0.25, 0.3) is 5.57 Å². The highest BCUT2D eigenvalue weighted by Gasteiger charge is 2.29. The highest BCUT2D eigenvalue weighted by atomic mass is 19.1. The van der Waals surface area contributed by atoms with Crippen LogP contribution in [0.1, 0.15) is 37.0 Å². The molecule has 1 aliphatic carbocycles. The minimum Gasteiger partial charge on any atom is -0.323 e. The van der Waals surface area contributed by atoms with Gasteiger partial charge in [0.1, 0.15) is 11.6 Å². The summed E-state index contributed by atoms with van der Waals surface area (Å²) >= 11 is 0. The summed E-state index contributed by atoms with van der Waals surface area (Å²) in [4.78, 5) is 0. The molecule has 0 heterocycles. The highest BCUT2D eigenvalue weighted by molar-refractivity contribution is 5.72. The largest absolute Gasteiger partial charge is 0.323 e. The van der Waals surface area contributed by atoms with Gasteiger partial charge in [-0.2, -0.15) is 0 Å². The highest BCUT2D eigenvalue weighted by Crippen LogP contribution is 2.32. The van der Waals surface area contributed by atoms with Crippen molar-refractivity contribution < 1.29 is 8.78 Å². The molecule has 0 aromatic heterocycles. The zero-order valence-corrected chi connectivity index (χ0v) is 17.2. The Hall–Kier alpha value is -2.30. The molecular weight excluding hydrogens is 366 g/mol. The van der Waals surface area contributed by atoms with Crippen molar-refractivity contribution in [1.82, 2.24) is 5.32 Å². The zero-order chi connectivity index (χ0) is 20.8. The molecule has 3 N–H and O–H groups in total. The first-order chi connectivity index (χ1) is 14.0. The molecule has 1 aliphatic rings. The van der Waals surface area contributed by atoms with Crippen LogP contribution in [-0.2, 0) is 13.0 Å². The first kappa shape index (κ1) is 21.4. The van der Waals surface area contributed by atoms with Crippen molar-refractivity contribution >= 4 is 5.57 Å². The lowest BCUT2D eigenvalue weighted by atomic mass is 9.77. The van der Waals surface area contributed by atoms with Crippen LogP contribution in [0.2, 0.25) is 0 Å². The summed E-state index contributed by atoms with van der Waals surface area (Å²) in [7, 11) is 0. The van der Waals surface area contributed by atoms with E-state index in [1.165, 1.54) is 23.3 Å². The van der Waals surface area contributed by atoms with Crippen LogP contribution in [0, 0.1) is 23.5 Å². The number of hydrogen-bond acceptors (Lipinski definition) is 2. The summed E-state index contributed by atoms with van der Waals surface area (Å²) in [6.07, 6.45) is 7.95. The van der Waals surface area contributed by atoms with Crippen molar-refractivity contribution in [2.24, 2.45) is 17.6 Å². The zero-order valence-electron chi connectivity index (χ0n) is 17.2. The lowest BCUT2D eigenvalue weighted by Crippen LogP contribution is -2.40. The maximum absolute atomic E-state index is 13.7. The molecule has 0 radical (unpaired) electrons. The normalized spacial score (nSPS) is 19.8. The lowest BCUT2D eigenvalue weighted by Gasteiger charge is -2.33. The van der Waals surface area contributed by atoms with Gasteiger partial charge in [-0.05, 0) is 53.3 Å². The summed E-state index contributed by atoms with van der Waals surface area (Å²) in [6, 6.07) is 11.9. The molecule has 3 atom stereocenters. The van der Waals surface area contributed by atoms with Crippen LogP contribution < -0.4 is 11.1 Å². The first-order valence-corrected chi connectivity index (χ1v) is 10.4. The van der Waals surface area contributed by atoms with Crippen molar-refractivity contribution in [2.75, 3.05) is 6.54 Å². The quantitative estimate of drug-likeness (QED) is 0.640. The van der Waals surface area contributed by atoms with Gasteiger partial charge in [-0.15, -0.1) is 0 Å². The molecule has 1 unspecified atom stereocenters. The van der Waals surface area contributed by atoms with Gasteiger partial charge in [-0.25, -0.2) is 8.78 Å². The van der Waals surface area contributed by atoms with Gasteiger partial charge in [0.05, 0.1) is 0 Å². The number of nitrogens with two attached hydrogens (primary N) is 1. The number of nitrogens with one attached hydrogen (secondary N) is 1. The lowest BCUT2D eigenvalue weighted by molar-refractivity contribution is 0.340. The van der Waals surface area contributed by atoms with Crippen LogP contribution in [0.3, 0.4) is 0 Å². The number of allylic oxidation sites excluding steroid dienone is 2. The third kappa shape index (κ3) is 5.40. The number of aryl methyl sites for hydroxylation is 1. The third-order valence-corrected chi connectivity index (χ3v) is 5.78. The standard InChI is InChI=1S/C25H30F2N2/c1-3-17-7-5-8-18(11-17)15-29-16-19(4-2)23-9-6-10-24(25(23)28)20-12-21(26)14-22(27)13-20/h5-14,19,23,25,29H,3-4,15-16,28H2,1-2H3/t19?,23-,25+/m1/s1. The Kier molecular flexibility index (Phi) is 7.34. The Labute approximate surface area is 172 Å². The second kappa shape index (κ2) is 9.95. The van der Waals surface area contributed by atoms with E-state index in [1.807, 2.05) is 12.2 Å². The second-order valence-corrected chi connectivity index (χ2v) is 7.74. The van der Waals surface area contributed by atoms with Gasteiger partial charge < -0.3 is 11.1 Å². The topological polar surface area (TPSA) is 38.0 Å². The average molecular weight is 397 g/mol. The summed E-state index contributed by atoms with van der Waals surface area (Å²) < 4.78 is 27.4. The Morgan fingerprint density at radius 1 is 1.03 bits per heavy atom. The molecule has 0 aliphatic heterocycles. The Balaban J connectivity index is 1.66. The van der Waals surface area contributed by atoms with Crippen molar-refractivity contribution in [3.8, 4) is 0 Å². The van der Waals surface area contributed by atoms with Crippen LogP contribution >= 0.6 is 0 Å². The fraction of sp³-hybridized carbons (Fsp3) is 0.360. The van der Waals surface area contributed by atoms with Crippen molar-refractivity contribution in [1.29, 1.82) is 0 Å². The molecule has 29 heavy (non-hydrogen) atoms. The van der Waals surface area contributed by atoms with E-state index in [0.717, 1.165) is 37.6 Å². The molecule has 0 saturated heterocycles. The second-order valence-electron chi connectivity index (χ2n) is 7.74. The predicted octanol–water partition coefficient (Wildman–Crippen LogP) is 5.24. The van der Waals surface area contributed by atoms with E-state index in [0.29, 0.717) is 11.5 Å². The molecule has 0 fully saturated rings. The molecule has 3 rings (SSSR count). The van der Waals surface area contributed by atoms with Gasteiger partial charge >= 0.3 is 0 Å². The summed E-state index contributed by atoms with van der Waals surface area (Å²) in [5, 5.41) is 3.57. The van der Waals surface area contributed by atoms with Gasteiger partial charge in [-0.1, -0.05) is 62.8 Å². The predicted molar refractivity (Wildman–Crippen MR) is 116 cm³/mol. The fourth-order valence-electron chi connectivity index (χ4n) is 4.10. The monoisotopic (exact) mass is 396 g/mol. The molecule has 0 bridgehead atoms. The van der Waals surface area contributed by atoms with Gasteiger partial charge in [-0.3, -0.25) is 0 Å². The van der Waals surface area contributed by atoms with Gasteiger partial charge in [0.25, 0.3) is 0 Å². The van der Waals surface area contributed by atoms with Crippen LogP contribution in [0.5, 0.6) is 0 Å². The smallest absolute Gasteiger partial charge is 0.126 e. The maximum atomic E-state index is 13.7. The molecule has 2 aromatic rings. The van der Waals surface area contributed by atoms with E-state index in [-0.39, 0.29) is 12.0 Å². The molecule has 0 spiro atoms. The van der Waals surface area contributed by atoms with Crippen LogP contribution in [-0.4, -0.2) is 12.6 Å². The summed E-state index contributed by atoms with van der Waals surface area (Å²) in [6.45, 7) is 5.96. The Bertz CT molecular complexity index is 868. The molecular formula is C25H30F2N2. The molecule has 4 heteroatoms. The maximum Gasteiger partial charge on any atom is 0.126 e. The van der Waals surface area contributed by atoms with Crippen molar-refractivity contribution in [3.05, 3.63) is 89.0 Å². The number of rotatable bonds is 8. The minimum atomic E-state index is -0.581. The van der Waals surface area contributed by atoms with E-state index in [2.05, 4.69) is 49.5 Å². The first-order valence-electron chi connectivity index (χ1n) is 10.4. The van der Waals surface area contributed by atoms with Crippen molar-refractivity contribution in [2.45, 2.75) is 39.3 Å².